The van der Waals surface area contributed by atoms with Crippen molar-refractivity contribution in [3.05, 3.63) is 23.1 Å². The van der Waals surface area contributed by atoms with E-state index in [1.165, 1.54) is 11.1 Å². The van der Waals surface area contributed by atoms with Gasteiger partial charge in [0.25, 0.3) is 0 Å². The summed E-state index contributed by atoms with van der Waals surface area (Å²) in [7, 11) is 0. The van der Waals surface area contributed by atoms with Gasteiger partial charge in [0.15, 0.2) is 0 Å². The fourth-order valence-corrected chi connectivity index (χ4v) is 6.15. The van der Waals surface area contributed by atoms with Crippen LogP contribution in [-0.4, -0.2) is 64.3 Å². The number of anilines is 1. The number of piperazine rings is 1. The van der Waals surface area contributed by atoms with E-state index in [9.17, 15) is 4.79 Å². The number of hydrogen-bond acceptors (Lipinski definition) is 8. The molecule has 2 aliphatic heterocycles. The van der Waals surface area contributed by atoms with Crippen LogP contribution in [0.3, 0.4) is 0 Å². The molecule has 1 saturated heterocycles. The fraction of sp³-hybridized carbons (Fsp3) is 0.600. The lowest BCUT2D eigenvalue weighted by Crippen LogP contribution is -2.49. The first-order valence-electron chi connectivity index (χ1n) is 12.2. The summed E-state index contributed by atoms with van der Waals surface area (Å²) >= 11 is 1.69. The zero-order valence-electron chi connectivity index (χ0n) is 20.7. The van der Waals surface area contributed by atoms with Crippen LogP contribution in [0.15, 0.2) is 6.33 Å². The summed E-state index contributed by atoms with van der Waals surface area (Å²) in [5.74, 6) is 1.45. The number of fused-ring (bicyclic) bond motifs is 5. The molecular formula is C25H33N5O3S. The van der Waals surface area contributed by atoms with Crippen molar-refractivity contribution in [2.45, 2.75) is 59.7 Å². The molecule has 8 nitrogen and oxygen atoms in total. The second-order valence-electron chi connectivity index (χ2n) is 10.2. The van der Waals surface area contributed by atoms with Gasteiger partial charge in [0, 0.05) is 49.2 Å². The molecule has 0 aromatic carbocycles. The smallest absolute Gasteiger partial charge is 0.409 e. The van der Waals surface area contributed by atoms with Gasteiger partial charge in [-0.25, -0.2) is 19.7 Å². The minimum absolute atomic E-state index is 0.218. The molecule has 0 spiro atoms. The molecule has 9 heteroatoms. The van der Waals surface area contributed by atoms with Crippen molar-refractivity contribution >= 4 is 43.7 Å². The van der Waals surface area contributed by atoms with Crippen LogP contribution in [-0.2, 0) is 28.9 Å². The number of aromatic nitrogens is 3. The molecule has 0 N–H and O–H groups in total. The Hall–Kier alpha value is -2.52. The van der Waals surface area contributed by atoms with E-state index in [1.807, 2.05) is 6.92 Å². The minimum Gasteiger partial charge on any atom is -0.450 e. The van der Waals surface area contributed by atoms with Crippen LogP contribution in [0.4, 0.5) is 10.6 Å². The Kier molecular flexibility index (Phi) is 6.10. The van der Waals surface area contributed by atoms with Crippen molar-refractivity contribution in [3.63, 3.8) is 0 Å². The molecule has 0 bridgehead atoms. The van der Waals surface area contributed by atoms with E-state index in [0.717, 1.165) is 44.8 Å². The number of hydrogen-bond donors (Lipinski definition) is 0. The highest BCUT2D eigenvalue weighted by Crippen LogP contribution is 2.43. The number of nitrogens with zero attached hydrogens (tertiary/aromatic N) is 5. The zero-order valence-corrected chi connectivity index (χ0v) is 21.5. The highest BCUT2D eigenvalue weighted by Gasteiger charge is 2.32. The molecule has 0 radical (unpaired) electrons. The number of pyridine rings is 1. The Balaban J connectivity index is 1.58. The molecular weight excluding hydrogens is 450 g/mol. The van der Waals surface area contributed by atoms with Crippen molar-refractivity contribution in [1.29, 1.82) is 0 Å². The first-order chi connectivity index (χ1) is 16.3. The highest BCUT2D eigenvalue weighted by molar-refractivity contribution is 7.26. The first-order valence-corrected chi connectivity index (χ1v) is 13.0. The van der Waals surface area contributed by atoms with Gasteiger partial charge >= 0.3 is 6.09 Å². The van der Waals surface area contributed by atoms with Gasteiger partial charge in [-0.15, -0.1) is 11.3 Å². The molecule has 0 atom stereocenters. The molecule has 2 aliphatic rings. The van der Waals surface area contributed by atoms with Crippen LogP contribution in [0.25, 0.3) is 20.4 Å². The maximum absolute atomic E-state index is 12.1. The summed E-state index contributed by atoms with van der Waals surface area (Å²) in [6.45, 7) is 14.3. The number of carbonyl (C=O) groups excluding carboxylic acids is 1. The van der Waals surface area contributed by atoms with E-state index in [2.05, 4.69) is 37.6 Å². The number of ether oxygens (including phenoxy) is 2. The van der Waals surface area contributed by atoms with E-state index >= 15 is 0 Å². The minimum atomic E-state index is -0.241. The third kappa shape index (κ3) is 4.20. The van der Waals surface area contributed by atoms with Crippen LogP contribution < -0.4 is 4.90 Å². The van der Waals surface area contributed by atoms with E-state index in [1.54, 1.807) is 22.6 Å². The Morgan fingerprint density at radius 3 is 2.68 bits per heavy atom. The Bertz CT molecular complexity index is 1230. The molecule has 5 heterocycles. The summed E-state index contributed by atoms with van der Waals surface area (Å²) in [6, 6.07) is 0. The van der Waals surface area contributed by atoms with Gasteiger partial charge in [-0.1, -0.05) is 13.8 Å². The SMILES string of the molecule is CCOC(=O)N1CCN(c2ncnc3c2sc2nc(CC(C)C)c4c(c23)CC(C)(C)OC4)CC1. The monoisotopic (exact) mass is 483 g/mol. The second-order valence-corrected chi connectivity index (χ2v) is 11.2. The number of thiophene rings is 1. The lowest BCUT2D eigenvalue weighted by atomic mass is 9.88. The molecule has 182 valence electrons. The van der Waals surface area contributed by atoms with Gasteiger partial charge in [-0.3, -0.25) is 0 Å². The topological polar surface area (TPSA) is 80.7 Å². The van der Waals surface area contributed by atoms with Gasteiger partial charge in [-0.05, 0) is 38.7 Å². The largest absolute Gasteiger partial charge is 0.450 e. The lowest BCUT2D eigenvalue weighted by molar-refractivity contribution is -0.0402. The van der Waals surface area contributed by atoms with Crippen LogP contribution in [0.5, 0.6) is 0 Å². The van der Waals surface area contributed by atoms with Crippen molar-refractivity contribution in [2.75, 3.05) is 37.7 Å². The normalized spacial score (nSPS) is 18.1. The standard InChI is InChI=1S/C25H33N5O3S/c1-6-32-24(31)30-9-7-29(8-10-30)22-21-20(26-14-27-22)19-16-12-25(4,5)33-13-17(16)18(11-15(2)3)28-23(19)34-21/h14-15H,6-13H2,1-5H3. The first kappa shape index (κ1) is 23.2. The molecule has 1 amide bonds. The van der Waals surface area contributed by atoms with Crippen LogP contribution in [0.2, 0.25) is 0 Å². The van der Waals surface area contributed by atoms with E-state index < -0.39 is 0 Å². The maximum Gasteiger partial charge on any atom is 0.409 e. The van der Waals surface area contributed by atoms with Crippen molar-refractivity contribution in [1.82, 2.24) is 19.9 Å². The third-order valence-corrected chi connectivity index (χ3v) is 7.67. The fourth-order valence-electron chi connectivity index (χ4n) is 4.96. The Morgan fingerprint density at radius 2 is 1.97 bits per heavy atom. The van der Waals surface area contributed by atoms with Gasteiger partial charge < -0.3 is 19.3 Å². The van der Waals surface area contributed by atoms with Gasteiger partial charge in [0.05, 0.1) is 29.0 Å². The van der Waals surface area contributed by atoms with Gasteiger partial charge in [0.1, 0.15) is 17.0 Å². The molecule has 3 aromatic rings. The number of carbonyl (C=O) groups is 1. The van der Waals surface area contributed by atoms with Crippen LogP contribution in [0, 0.1) is 5.92 Å². The summed E-state index contributed by atoms with van der Waals surface area (Å²) in [5, 5.41) is 1.16. The lowest BCUT2D eigenvalue weighted by Gasteiger charge is -2.34. The number of amides is 1. The van der Waals surface area contributed by atoms with Crippen molar-refractivity contribution in [2.24, 2.45) is 5.92 Å². The van der Waals surface area contributed by atoms with E-state index in [0.29, 0.717) is 45.3 Å². The van der Waals surface area contributed by atoms with Gasteiger partial charge in [-0.2, -0.15) is 0 Å². The molecule has 5 rings (SSSR count). The summed E-state index contributed by atoms with van der Waals surface area (Å²) < 4.78 is 12.4. The predicted molar refractivity (Wildman–Crippen MR) is 135 cm³/mol. The molecule has 0 aliphatic carbocycles. The Labute approximate surface area is 204 Å². The summed E-state index contributed by atoms with van der Waals surface area (Å²) in [5.41, 5.74) is 4.49. The van der Waals surface area contributed by atoms with Crippen molar-refractivity contribution in [3.8, 4) is 0 Å². The molecule has 3 aromatic heterocycles. The highest BCUT2D eigenvalue weighted by atomic mass is 32.1. The average molecular weight is 484 g/mol. The van der Waals surface area contributed by atoms with E-state index in [4.69, 9.17) is 19.4 Å². The quantitative estimate of drug-likeness (QED) is 0.538. The average Bonchev–Trinajstić information content (AvgIpc) is 3.17. The second kappa shape index (κ2) is 8.92. The molecule has 0 saturated carbocycles. The van der Waals surface area contributed by atoms with Crippen molar-refractivity contribution < 1.29 is 14.3 Å². The molecule has 0 unspecified atom stereocenters. The number of rotatable bonds is 4. The third-order valence-electron chi connectivity index (χ3n) is 6.60. The van der Waals surface area contributed by atoms with Crippen LogP contribution >= 0.6 is 11.3 Å². The summed E-state index contributed by atoms with van der Waals surface area (Å²) in [6.07, 6.45) is 3.20. The maximum atomic E-state index is 12.1. The Morgan fingerprint density at radius 1 is 1.21 bits per heavy atom. The molecule has 34 heavy (non-hydrogen) atoms. The zero-order chi connectivity index (χ0) is 24.0. The van der Waals surface area contributed by atoms with E-state index in [-0.39, 0.29) is 11.7 Å². The van der Waals surface area contributed by atoms with Gasteiger partial charge in [0.2, 0.25) is 0 Å². The van der Waals surface area contributed by atoms with Crippen LogP contribution in [0.1, 0.15) is 51.4 Å². The summed E-state index contributed by atoms with van der Waals surface area (Å²) in [4.78, 5) is 31.7. The molecule has 1 fully saturated rings. The predicted octanol–water partition coefficient (Wildman–Crippen LogP) is 4.57.